The summed E-state index contributed by atoms with van der Waals surface area (Å²) in [6.45, 7) is 2.65. The Labute approximate surface area is 160 Å². The summed E-state index contributed by atoms with van der Waals surface area (Å²) in [4.78, 5) is 30.3. The first-order valence-corrected chi connectivity index (χ1v) is 9.00. The molecule has 1 amide bonds. The first-order valence-electron chi connectivity index (χ1n) is 8.62. The van der Waals surface area contributed by atoms with E-state index in [2.05, 4.69) is 9.88 Å². The third-order valence-corrected chi connectivity index (χ3v) is 4.83. The molecule has 0 saturated carbocycles. The molecule has 0 radical (unpaired) electrons. The van der Waals surface area contributed by atoms with Crippen LogP contribution in [-0.4, -0.2) is 48.6 Å². The molecule has 3 aromatic rings. The topological polar surface area (TPSA) is 78.8 Å². The van der Waals surface area contributed by atoms with Crippen LogP contribution >= 0.6 is 11.6 Å². The van der Waals surface area contributed by atoms with E-state index in [9.17, 15) is 9.59 Å². The van der Waals surface area contributed by atoms with Crippen LogP contribution in [0.4, 0.5) is 5.69 Å². The number of nitrogens with one attached hydrogen (secondary N) is 1. The van der Waals surface area contributed by atoms with Crippen molar-refractivity contribution in [2.24, 2.45) is 0 Å². The number of carbonyl (C=O) groups excluding carboxylic acids is 1. The van der Waals surface area contributed by atoms with Gasteiger partial charge in [0.2, 0.25) is 0 Å². The average Bonchev–Trinajstić information content (AvgIpc) is 3.06. The molecule has 0 bridgehead atoms. The average molecular weight is 388 g/mol. The third-order valence-electron chi connectivity index (χ3n) is 4.58. The maximum Gasteiger partial charge on any atom is 0.417 e. The fourth-order valence-electron chi connectivity index (χ4n) is 3.12. The second-order valence-corrected chi connectivity index (χ2v) is 6.74. The van der Waals surface area contributed by atoms with Gasteiger partial charge in [0.25, 0.3) is 5.91 Å². The van der Waals surface area contributed by atoms with E-state index in [-0.39, 0.29) is 12.5 Å². The monoisotopic (exact) mass is 387 g/mol. The molecule has 1 aliphatic heterocycles. The number of aromatic nitrogens is 1. The van der Waals surface area contributed by atoms with E-state index in [1.165, 1.54) is 0 Å². The van der Waals surface area contributed by atoms with Gasteiger partial charge >= 0.3 is 5.76 Å². The van der Waals surface area contributed by atoms with Crippen molar-refractivity contribution in [2.45, 2.75) is 0 Å². The van der Waals surface area contributed by atoms with Crippen molar-refractivity contribution < 1.29 is 13.9 Å². The van der Waals surface area contributed by atoms with Gasteiger partial charge in [0.1, 0.15) is 5.75 Å². The van der Waals surface area contributed by atoms with Crippen molar-refractivity contribution in [1.29, 1.82) is 0 Å². The van der Waals surface area contributed by atoms with Crippen LogP contribution in [-0.2, 0) is 4.79 Å². The molecule has 2 aromatic carbocycles. The standard InChI is InChI=1S/C19H18ClN3O4/c20-13-1-4-15(5-2-13)26-12-18(24)23-9-7-22(8-10-23)14-3-6-17-16(11-14)21-19(25)27-17/h1-6,11H,7-10,12H2,(H,21,25). The highest BCUT2D eigenvalue weighted by atomic mass is 35.5. The van der Waals surface area contributed by atoms with Gasteiger partial charge in [0.15, 0.2) is 12.2 Å². The number of amides is 1. The van der Waals surface area contributed by atoms with Crippen LogP contribution in [0.2, 0.25) is 5.02 Å². The van der Waals surface area contributed by atoms with E-state index in [4.69, 9.17) is 20.8 Å². The van der Waals surface area contributed by atoms with Crippen LogP contribution in [0.15, 0.2) is 51.7 Å². The lowest BCUT2D eigenvalue weighted by Crippen LogP contribution is -2.50. The van der Waals surface area contributed by atoms with Crippen LogP contribution in [0, 0.1) is 0 Å². The van der Waals surface area contributed by atoms with Crippen LogP contribution in [0.1, 0.15) is 0 Å². The minimum Gasteiger partial charge on any atom is -0.484 e. The summed E-state index contributed by atoms with van der Waals surface area (Å²) in [5.41, 5.74) is 2.20. The molecule has 0 unspecified atom stereocenters. The highest BCUT2D eigenvalue weighted by Crippen LogP contribution is 2.21. The Kier molecular flexibility index (Phi) is 4.77. The maximum absolute atomic E-state index is 12.4. The summed E-state index contributed by atoms with van der Waals surface area (Å²) in [7, 11) is 0. The van der Waals surface area contributed by atoms with Crippen molar-refractivity contribution in [1.82, 2.24) is 9.88 Å². The molecule has 1 N–H and O–H groups in total. The van der Waals surface area contributed by atoms with Gasteiger partial charge in [0.05, 0.1) is 5.52 Å². The molecule has 1 saturated heterocycles. The van der Waals surface area contributed by atoms with Gasteiger partial charge in [-0.3, -0.25) is 9.78 Å². The summed E-state index contributed by atoms with van der Waals surface area (Å²) in [5.74, 6) is 0.117. The Morgan fingerprint density at radius 2 is 1.85 bits per heavy atom. The van der Waals surface area contributed by atoms with E-state index >= 15 is 0 Å². The van der Waals surface area contributed by atoms with Crippen LogP contribution in [0.3, 0.4) is 0 Å². The Hall–Kier alpha value is -2.93. The van der Waals surface area contributed by atoms with E-state index in [1.807, 2.05) is 12.1 Å². The quantitative estimate of drug-likeness (QED) is 0.744. The highest BCUT2D eigenvalue weighted by Gasteiger charge is 2.22. The van der Waals surface area contributed by atoms with Crippen molar-refractivity contribution >= 4 is 34.3 Å². The van der Waals surface area contributed by atoms with E-state index in [0.29, 0.717) is 48.1 Å². The summed E-state index contributed by atoms with van der Waals surface area (Å²) >= 11 is 5.84. The van der Waals surface area contributed by atoms with Crippen molar-refractivity contribution in [3.63, 3.8) is 0 Å². The Balaban J connectivity index is 1.32. The molecule has 0 aliphatic carbocycles. The number of oxazole rings is 1. The second-order valence-electron chi connectivity index (χ2n) is 6.31. The molecular formula is C19H18ClN3O4. The highest BCUT2D eigenvalue weighted by molar-refractivity contribution is 6.30. The van der Waals surface area contributed by atoms with Gasteiger partial charge in [-0.2, -0.15) is 0 Å². The molecular weight excluding hydrogens is 370 g/mol. The normalized spacial score (nSPS) is 14.6. The van der Waals surface area contributed by atoms with Gasteiger partial charge in [-0.05, 0) is 42.5 Å². The van der Waals surface area contributed by atoms with Crippen LogP contribution in [0.25, 0.3) is 11.1 Å². The number of nitrogens with zero attached hydrogens (tertiary/aromatic N) is 2. The molecule has 1 aromatic heterocycles. The molecule has 2 heterocycles. The zero-order valence-corrected chi connectivity index (χ0v) is 15.2. The minimum atomic E-state index is -0.460. The SMILES string of the molecule is O=C(COc1ccc(Cl)cc1)N1CCN(c2ccc3oc(=O)[nH]c3c2)CC1. The number of fused-ring (bicyclic) bond motifs is 1. The van der Waals surface area contributed by atoms with Gasteiger partial charge < -0.3 is 19.0 Å². The van der Waals surface area contributed by atoms with E-state index in [0.717, 1.165) is 5.69 Å². The smallest absolute Gasteiger partial charge is 0.417 e. The number of carbonyl (C=O) groups is 1. The molecule has 0 spiro atoms. The molecule has 1 aliphatic rings. The Bertz CT molecular complexity index is 1000. The van der Waals surface area contributed by atoms with Gasteiger partial charge in [-0.1, -0.05) is 11.6 Å². The fourth-order valence-corrected chi connectivity index (χ4v) is 3.24. The minimum absolute atomic E-state index is 0.00382. The summed E-state index contributed by atoms with van der Waals surface area (Å²) in [5, 5.41) is 0.627. The predicted molar refractivity (Wildman–Crippen MR) is 103 cm³/mol. The van der Waals surface area contributed by atoms with Crippen molar-refractivity contribution in [3.05, 3.63) is 58.0 Å². The number of anilines is 1. The van der Waals surface area contributed by atoms with Gasteiger partial charge in [-0.25, -0.2) is 4.79 Å². The number of benzene rings is 2. The molecule has 0 atom stereocenters. The lowest BCUT2D eigenvalue weighted by molar-refractivity contribution is -0.133. The predicted octanol–water partition coefficient (Wildman–Crippen LogP) is 2.50. The maximum atomic E-state index is 12.4. The summed E-state index contributed by atoms with van der Waals surface area (Å²) < 4.78 is 10.6. The van der Waals surface area contributed by atoms with Gasteiger partial charge in [0, 0.05) is 36.9 Å². The largest absolute Gasteiger partial charge is 0.484 e. The number of ether oxygens (including phenoxy) is 1. The number of piperazine rings is 1. The van der Waals surface area contributed by atoms with Crippen LogP contribution in [0.5, 0.6) is 5.75 Å². The van der Waals surface area contributed by atoms with Crippen LogP contribution < -0.4 is 15.4 Å². The first kappa shape index (κ1) is 17.5. The third kappa shape index (κ3) is 3.93. The number of hydrogen-bond donors (Lipinski definition) is 1. The van der Waals surface area contributed by atoms with Crippen molar-refractivity contribution in [3.8, 4) is 5.75 Å². The molecule has 1 fully saturated rings. The zero-order valence-electron chi connectivity index (χ0n) is 14.5. The number of H-pyrrole nitrogens is 1. The lowest BCUT2D eigenvalue weighted by Gasteiger charge is -2.36. The number of aromatic amines is 1. The Morgan fingerprint density at radius 3 is 2.59 bits per heavy atom. The van der Waals surface area contributed by atoms with E-state index < -0.39 is 5.76 Å². The van der Waals surface area contributed by atoms with Gasteiger partial charge in [-0.15, -0.1) is 0 Å². The zero-order chi connectivity index (χ0) is 18.8. The molecule has 8 heteroatoms. The second kappa shape index (κ2) is 7.36. The number of hydrogen-bond acceptors (Lipinski definition) is 5. The van der Waals surface area contributed by atoms with Crippen molar-refractivity contribution in [2.75, 3.05) is 37.7 Å². The number of rotatable bonds is 4. The molecule has 140 valence electrons. The lowest BCUT2D eigenvalue weighted by atomic mass is 10.2. The number of halogens is 1. The molecule has 7 nitrogen and oxygen atoms in total. The summed E-state index contributed by atoms with van der Waals surface area (Å²) in [6, 6.07) is 12.5. The summed E-state index contributed by atoms with van der Waals surface area (Å²) in [6.07, 6.45) is 0. The molecule has 27 heavy (non-hydrogen) atoms. The fraction of sp³-hybridized carbons (Fsp3) is 0.263. The Morgan fingerprint density at radius 1 is 1.11 bits per heavy atom. The van der Waals surface area contributed by atoms with E-state index in [1.54, 1.807) is 35.2 Å². The molecule has 4 rings (SSSR count). The first-order chi connectivity index (χ1) is 13.1.